The molecule has 0 aliphatic carbocycles. The van der Waals surface area contributed by atoms with Crippen molar-refractivity contribution >= 4 is 17.0 Å². The van der Waals surface area contributed by atoms with Gasteiger partial charge in [-0.2, -0.15) is 0 Å². The van der Waals surface area contributed by atoms with E-state index >= 15 is 0 Å². The molecule has 1 saturated heterocycles. The number of piperidine rings is 1. The van der Waals surface area contributed by atoms with Crippen LogP contribution in [0.25, 0.3) is 11.1 Å². The molecule has 21 heavy (non-hydrogen) atoms. The van der Waals surface area contributed by atoms with E-state index in [-0.39, 0.29) is 11.9 Å². The Morgan fingerprint density at radius 1 is 1.48 bits per heavy atom. The molecule has 0 radical (unpaired) electrons. The number of benzene rings is 1. The Morgan fingerprint density at radius 3 is 3.14 bits per heavy atom. The Labute approximate surface area is 124 Å². The van der Waals surface area contributed by atoms with Gasteiger partial charge < -0.3 is 15.1 Å². The van der Waals surface area contributed by atoms with Crippen LogP contribution in [0.5, 0.6) is 0 Å². The lowest BCUT2D eigenvalue weighted by molar-refractivity contribution is -0.123. The fourth-order valence-corrected chi connectivity index (χ4v) is 2.73. The van der Waals surface area contributed by atoms with Crippen molar-refractivity contribution in [2.24, 2.45) is 0 Å². The van der Waals surface area contributed by atoms with E-state index in [2.05, 4.69) is 15.6 Å². The van der Waals surface area contributed by atoms with Crippen molar-refractivity contribution in [3.8, 4) is 0 Å². The van der Waals surface area contributed by atoms with Crippen molar-refractivity contribution in [2.45, 2.75) is 38.6 Å². The molecule has 1 atom stereocenters. The minimum atomic E-state index is -0.0374. The van der Waals surface area contributed by atoms with E-state index in [1.807, 2.05) is 25.1 Å². The summed E-state index contributed by atoms with van der Waals surface area (Å²) in [5, 5.41) is 6.20. The Bertz CT molecular complexity index is 629. The van der Waals surface area contributed by atoms with Crippen LogP contribution in [0.2, 0.25) is 0 Å². The molecular formula is C16H21N3O2. The molecule has 2 aromatic rings. The number of nitrogens with one attached hydrogen (secondary N) is 2. The highest BCUT2D eigenvalue weighted by molar-refractivity contribution is 5.81. The van der Waals surface area contributed by atoms with Crippen molar-refractivity contribution in [3.63, 3.8) is 0 Å². The molecule has 0 bridgehead atoms. The van der Waals surface area contributed by atoms with Crippen LogP contribution < -0.4 is 10.6 Å². The number of carbonyl (C=O) groups excluding carboxylic acids is 1. The summed E-state index contributed by atoms with van der Waals surface area (Å²) in [7, 11) is 0. The summed E-state index contributed by atoms with van der Waals surface area (Å²) in [6.45, 7) is 3.51. The maximum atomic E-state index is 12.0. The van der Waals surface area contributed by atoms with Crippen LogP contribution in [0.4, 0.5) is 0 Å². The average molecular weight is 287 g/mol. The summed E-state index contributed by atoms with van der Waals surface area (Å²) in [6, 6.07) is 5.86. The average Bonchev–Trinajstić information content (AvgIpc) is 2.92. The number of oxazole rings is 1. The molecule has 112 valence electrons. The number of aromatic nitrogens is 1. The largest absolute Gasteiger partial charge is 0.441 e. The zero-order chi connectivity index (χ0) is 14.7. The number of para-hydroxylation sites is 1. The maximum absolute atomic E-state index is 12.0. The highest BCUT2D eigenvalue weighted by atomic mass is 16.3. The van der Waals surface area contributed by atoms with Gasteiger partial charge in [-0.05, 0) is 37.9 Å². The highest BCUT2D eigenvalue weighted by Crippen LogP contribution is 2.18. The molecule has 1 fully saturated rings. The van der Waals surface area contributed by atoms with Crippen LogP contribution in [0.1, 0.15) is 30.7 Å². The number of hydrogen-bond acceptors (Lipinski definition) is 4. The molecule has 5 heteroatoms. The van der Waals surface area contributed by atoms with Crippen LogP contribution >= 0.6 is 0 Å². The topological polar surface area (TPSA) is 67.2 Å². The second-order valence-corrected chi connectivity index (χ2v) is 5.57. The van der Waals surface area contributed by atoms with Crippen LogP contribution in [-0.2, 0) is 11.2 Å². The van der Waals surface area contributed by atoms with Crippen molar-refractivity contribution in [3.05, 3.63) is 29.7 Å². The first kappa shape index (κ1) is 14.1. The second kappa shape index (κ2) is 6.26. The van der Waals surface area contributed by atoms with E-state index in [1.165, 1.54) is 0 Å². The zero-order valence-corrected chi connectivity index (χ0v) is 12.3. The summed E-state index contributed by atoms with van der Waals surface area (Å²) in [5.41, 5.74) is 2.83. The molecule has 3 rings (SSSR count). The van der Waals surface area contributed by atoms with E-state index in [0.717, 1.165) is 42.5 Å². The number of aryl methyl sites for hydroxylation is 1. The first-order valence-corrected chi connectivity index (χ1v) is 7.60. The standard InChI is InChI=1S/C16H21N3O2/c1-11-5-4-7-13-15(11)19-14(21-13)8-10-18-16(20)12-6-2-3-9-17-12/h4-5,7,12,17H,2-3,6,8-10H2,1H3,(H,18,20)/t12-/m1/s1. The van der Waals surface area contributed by atoms with Gasteiger partial charge in [-0.15, -0.1) is 0 Å². The number of nitrogens with zero attached hydrogens (tertiary/aromatic N) is 1. The quantitative estimate of drug-likeness (QED) is 0.902. The third-order valence-electron chi connectivity index (χ3n) is 3.93. The predicted octanol–water partition coefficient (Wildman–Crippen LogP) is 1.94. The maximum Gasteiger partial charge on any atom is 0.237 e. The van der Waals surface area contributed by atoms with Gasteiger partial charge in [-0.3, -0.25) is 4.79 Å². The lowest BCUT2D eigenvalue weighted by Gasteiger charge is -2.22. The zero-order valence-electron chi connectivity index (χ0n) is 12.3. The molecule has 1 aromatic heterocycles. The van der Waals surface area contributed by atoms with E-state index in [9.17, 15) is 4.79 Å². The van der Waals surface area contributed by atoms with Crippen LogP contribution in [-0.4, -0.2) is 30.0 Å². The van der Waals surface area contributed by atoms with Gasteiger partial charge >= 0.3 is 0 Å². The number of amides is 1. The van der Waals surface area contributed by atoms with E-state index in [0.29, 0.717) is 18.9 Å². The van der Waals surface area contributed by atoms with Gasteiger partial charge in [0.05, 0.1) is 6.04 Å². The number of rotatable bonds is 4. The second-order valence-electron chi connectivity index (χ2n) is 5.57. The Kier molecular flexibility index (Phi) is 4.20. The lowest BCUT2D eigenvalue weighted by atomic mass is 10.0. The molecule has 1 aliphatic rings. The molecular weight excluding hydrogens is 266 g/mol. The van der Waals surface area contributed by atoms with Gasteiger partial charge in [0.2, 0.25) is 5.91 Å². The summed E-state index contributed by atoms with van der Waals surface area (Å²) in [6.07, 6.45) is 3.82. The third-order valence-corrected chi connectivity index (χ3v) is 3.93. The van der Waals surface area contributed by atoms with E-state index in [4.69, 9.17) is 4.42 Å². The summed E-state index contributed by atoms with van der Waals surface area (Å²) in [4.78, 5) is 16.5. The van der Waals surface area contributed by atoms with Gasteiger partial charge in [-0.25, -0.2) is 4.98 Å². The Morgan fingerprint density at radius 2 is 2.38 bits per heavy atom. The summed E-state index contributed by atoms with van der Waals surface area (Å²) >= 11 is 0. The molecule has 0 spiro atoms. The van der Waals surface area contributed by atoms with Gasteiger partial charge in [0.1, 0.15) is 5.52 Å². The summed E-state index contributed by atoms with van der Waals surface area (Å²) < 4.78 is 5.70. The number of fused-ring (bicyclic) bond motifs is 1. The number of carbonyl (C=O) groups is 1. The summed E-state index contributed by atoms with van der Waals surface area (Å²) in [5.74, 6) is 0.762. The molecule has 2 heterocycles. The normalized spacial score (nSPS) is 18.8. The minimum absolute atomic E-state index is 0.0374. The van der Waals surface area contributed by atoms with Gasteiger partial charge in [-0.1, -0.05) is 18.6 Å². The molecule has 1 amide bonds. The fourth-order valence-electron chi connectivity index (χ4n) is 2.73. The van der Waals surface area contributed by atoms with Gasteiger partial charge in [0.25, 0.3) is 0 Å². The lowest BCUT2D eigenvalue weighted by Crippen LogP contribution is -2.47. The van der Waals surface area contributed by atoms with Crippen molar-refractivity contribution in [1.82, 2.24) is 15.6 Å². The van der Waals surface area contributed by atoms with E-state index < -0.39 is 0 Å². The fraction of sp³-hybridized carbons (Fsp3) is 0.500. The minimum Gasteiger partial charge on any atom is -0.441 e. The highest BCUT2D eigenvalue weighted by Gasteiger charge is 2.19. The molecule has 2 N–H and O–H groups in total. The predicted molar refractivity (Wildman–Crippen MR) is 81.1 cm³/mol. The van der Waals surface area contributed by atoms with Crippen LogP contribution in [0.15, 0.2) is 22.6 Å². The molecule has 1 aromatic carbocycles. The Balaban J connectivity index is 1.54. The number of hydrogen-bond donors (Lipinski definition) is 2. The van der Waals surface area contributed by atoms with Gasteiger partial charge in [0, 0.05) is 13.0 Å². The smallest absolute Gasteiger partial charge is 0.237 e. The van der Waals surface area contributed by atoms with Crippen molar-refractivity contribution in [1.29, 1.82) is 0 Å². The monoisotopic (exact) mass is 287 g/mol. The van der Waals surface area contributed by atoms with Crippen LogP contribution in [0.3, 0.4) is 0 Å². The molecule has 5 nitrogen and oxygen atoms in total. The molecule has 1 aliphatic heterocycles. The third kappa shape index (κ3) is 3.24. The Hall–Kier alpha value is -1.88. The first-order valence-electron chi connectivity index (χ1n) is 7.60. The first-order chi connectivity index (χ1) is 10.2. The van der Waals surface area contributed by atoms with Crippen molar-refractivity contribution in [2.75, 3.05) is 13.1 Å². The molecule has 0 saturated carbocycles. The van der Waals surface area contributed by atoms with E-state index in [1.54, 1.807) is 0 Å². The molecule has 0 unspecified atom stereocenters. The SMILES string of the molecule is Cc1cccc2oc(CCNC(=O)[C@H]3CCCCN3)nc12. The van der Waals surface area contributed by atoms with Crippen LogP contribution in [0, 0.1) is 6.92 Å². The van der Waals surface area contributed by atoms with Gasteiger partial charge in [0.15, 0.2) is 11.5 Å². The van der Waals surface area contributed by atoms with Crippen molar-refractivity contribution < 1.29 is 9.21 Å².